The molecular formula is C14H12ClIN2O. The maximum atomic E-state index is 12.1. The number of nitrogens with one attached hydrogen (secondary N) is 1. The van der Waals surface area contributed by atoms with Crippen molar-refractivity contribution in [2.24, 2.45) is 0 Å². The van der Waals surface area contributed by atoms with Gasteiger partial charge in [0, 0.05) is 20.8 Å². The van der Waals surface area contributed by atoms with Gasteiger partial charge < -0.3 is 11.1 Å². The van der Waals surface area contributed by atoms with E-state index in [2.05, 4.69) is 27.9 Å². The molecule has 98 valence electrons. The minimum Gasteiger partial charge on any atom is -0.399 e. The summed E-state index contributed by atoms with van der Waals surface area (Å²) < 4.78 is 0.868. The van der Waals surface area contributed by atoms with Gasteiger partial charge in [-0.1, -0.05) is 23.7 Å². The maximum Gasteiger partial charge on any atom is 0.252 e. The Morgan fingerprint density at radius 2 is 2.05 bits per heavy atom. The van der Waals surface area contributed by atoms with E-state index in [4.69, 9.17) is 17.3 Å². The Labute approximate surface area is 130 Å². The number of amides is 1. The Kier molecular flexibility index (Phi) is 4.66. The number of hydrogen-bond donors (Lipinski definition) is 2. The topological polar surface area (TPSA) is 55.1 Å². The first-order valence-electron chi connectivity index (χ1n) is 5.64. The largest absolute Gasteiger partial charge is 0.399 e. The molecule has 0 spiro atoms. The van der Waals surface area contributed by atoms with Crippen molar-refractivity contribution >= 4 is 45.8 Å². The summed E-state index contributed by atoms with van der Waals surface area (Å²) in [5, 5.41) is 3.40. The van der Waals surface area contributed by atoms with Crippen molar-refractivity contribution in [3.05, 3.63) is 62.2 Å². The van der Waals surface area contributed by atoms with Gasteiger partial charge in [0.1, 0.15) is 0 Å². The zero-order valence-corrected chi connectivity index (χ0v) is 12.9. The van der Waals surface area contributed by atoms with Gasteiger partial charge in [-0.05, 0) is 58.5 Å². The molecule has 0 aliphatic carbocycles. The van der Waals surface area contributed by atoms with Crippen molar-refractivity contribution in [3.8, 4) is 0 Å². The molecule has 0 radical (unpaired) electrons. The van der Waals surface area contributed by atoms with E-state index in [1.807, 2.05) is 30.3 Å². The lowest BCUT2D eigenvalue weighted by Crippen LogP contribution is -2.23. The van der Waals surface area contributed by atoms with Gasteiger partial charge in [0.2, 0.25) is 0 Å². The lowest BCUT2D eigenvalue weighted by Gasteiger charge is -2.08. The van der Waals surface area contributed by atoms with Crippen LogP contribution in [0.1, 0.15) is 15.9 Å². The summed E-state index contributed by atoms with van der Waals surface area (Å²) in [5.41, 5.74) is 7.92. The van der Waals surface area contributed by atoms with Gasteiger partial charge in [-0.25, -0.2) is 0 Å². The first-order valence-corrected chi connectivity index (χ1v) is 7.09. The van der Waals surface area contributed by atoms with Gasteiger partial charge in [-0.2, -0.15) is 0 Å². The molecule has 0 unspecified atom stereocenters. The molecule has 0 aromatic heterocycles. The smallest absolute Gasteiger partial charge is 0.252 e. The van der Waals surface area contributed by atoms with Gasteiger partial charge in [0.15, 0.2) is 0 Å². The third-order valence-corrected chi connectivity index (χ3v) is 3.75. The molecule has 0 bridgehead atoms. The van der Waals surface area contributed by atoms with E-state index in [9.17, 15) is 4.79 Å². The third kappa shape index (κ3) is 3.84. The lowest BCUT2D eigenvalue weighted by atomic mass is 10.2. The zero-order valence-electron chi connectivity index (χ0n) is 9.99. The zero-order chi connectivity index (χ0) is 13.8. The first kappa shape index (κ1) is 14.1. The second-order valence-electron chi connectivity index (χ2n) is 4.05. The van der Waals surface area contributed by atoms with Crippen molar-refractivity contribution in [1.29, 1.82) is 0 Å². The molecule has 1 amide bonds. The molecule has 0 aliphatic heterocycles. The standard InChI is InChI=1S/C14H12ClIN2O/c15-10-4-5-13(16)12(7-10)14(19)18-8-9-2-1-3-11(17)6-9/h1-7H,8,17H2,(H,18,19). The van der Waals surface area contributed by atoms with Crippen LogP contribution in [0.4, 0.5) is 5.69 Å². The van der Waals surface area contributed by atoms with Crippen LogP contribution in [0, 0.1) is 3.57 Å². The molecule has 2 rings (SSSR count). The highest BCUT2D eigenvalue weighted by Crippen LogP contribution is 2.18. The molecule has 0 saturated carbocycles. The minimum atomic E-state index is -0.144. The van der Waals surface area contributed by atoms with Crippen molar-refractivity contribution in [3.63, 3.8) is 0 Å². The summed E-state index contributed by atoms with van der Waals surface area (Å²) in [6.07, 6.45) is 0. The number of halogens is 2. The van der Waals surface area contributed by atoms with E-state index in [-0.39, 0.29) is 5.91 Å². The molecule has 0 heterocycles. The molecule has 2 aromatic rings. The molecule has 3 nitrogen and oxygen atoms in total. The molecule has 0 fully saturated rings. The minimum absolute atomic E-state index is 0.144. The molecule has 0 aliphatic rings. The third-order valence-electron chi connectivity index (χ3n) is 2.58. The summed E-state index contributed by atoms with van der Waals surface area (Å²) in [4.78, 5) is 12.1. The van der Waals surface area contributed by atoms with E-state index in [1.165, 1.54) is 0 Å². The molecule has 0 saturated heterocycles. The number of hydrogen-bond acceptors (Lipinski definition) is 2. The fraction of sp³-hybridized carbons (Fsp3) is 0.0714. The van der Waals surface area contributed by atoms with E-state index in [0.29, 0.717) is 22.8 Å². The Hall–Kier alpha value is -1.27. The van der Waals surface area contributed by atoms with Crippen molar-refractivity contribution in [2.75, 3.05) is 5.73 Å². The SMILES string of the molecule is Nc1cccc(CNC(=O)c2cc(Cl)ccc2I)c1. The van der Waals surface area contributed by atoms with Crippen LogP contribution in [0.5, 0.6) is 0 Å². The second-order valence-corrected chi connectivity index (χ2v) is 5.65. The average molecular weight is 387 g/mol. The molecule has 2 aromatic carbocycles. The van der Waals surface area contributed by atoms with Crippen LogP contribution in [-0.2, 0) is 6.54 Å². The van der Waals surface area contributed by atoms with Crippen molar-refractivity contribution in [1.82, 2.24) is 5.32 Å². The highest BCUT2D eigenvalue weighted by molar-refractivity contribution is 14.1. The predicted octanol–water partition coefficient (Wildman–Crippen LogP) is 3.46. The van der Waals surface area contributed by atoms with Crippen molar-refractivity contribution < 1.29 is 4.79 Å². The highest BCUT2D eigenvalue weighted by Gasteiger charge is 2.10. The number of benzene rings is 2. The quantitative estimate of drug-likeness (QED) is 0.627. The summed E-state index contributed by atoms with van der Waals surface area (Å²) >= 11 is 8.01. The van der Waals surface area contributed by atoms with Gasteiger partial charge in [0.05, 0.1) is 5.56 Å². The molecular weight excluding hydrogens is 375 g/mol. The summed E-state index contributed by atoms with van der Waals surface area (Å²) in [6.45, 7) is 0.437. The molecule has 5 heteroatoms. The number of anilines is 1. The lowest BCUT2D eigenvalue weighted by molar-refractivity contribution is 0.0950. The molecule has 0 atom stereocenters. The van der Waals surface area contributed by atoms with E-state index < -0.39 is 0 Å². The summed E-state index contributed by atoms with van der Waals surface area (Å²) in [5.74, 6) is -0.144. The number of carbonyl (C=O) groups is 1. The van der Waals surface area contributed by atoms with Crippen LogP contribution in [0.25, 0.3) is 0 Å². The van der Waals surface area contributed by atoms with Gasteiger partial charge in [-0.3, -0.25) is 4.79 Å². The summed E-state index contributed by atoms with van der Waals surface area (Å²) in [7, 11) is 0. The van der Waals surface area contributed by atoms with E-state index >= 15 is 0 Å². The first-order chi connectivity index (χ1) is 9.06. The van der Waals surface area contributed by atoms with Gasteiger partial charge in [0.25, 0.3) is 5.91 Å². The Morgan fingerprint density at radius 3 is 2.79 bits per heavy atom. The van der Waals surface area contributed by atoms with Crippen LogP contribution >= 0.6 is 34.2 Å². The Morgan fingerprint density at radius 1 is 1.26 bits per heavy atom. The Balaban J connectivity index is 2.07. The van der Waals surface area contributed by atoms with E-state index in [1.54, 1.807) is 12.1 Å². The fourth-order valence-electron chi connectivity index (χ4n) is 1.65. The number of carbonyl (C=O) groups excluding carboxylic acids is 1. The van der Waals surface area contributed by atoms with Gasteiger partial charge >= 0.3 is 0 Å². The number of rotatable bonds is 3. The van der Waals surface area contributed by atoms with Crippen LogP contribution in [0.2, 0.25) is 5.02 Å². The highest BCUT2D eigenvalue weighted by atomic mass is 127. The van der Waals surface area contributed by atoms with E-state index in [0.717, 1.165) is 9.13 Å². The second kappa shape index (κ2) is 6.25. The molecule has 3 N–H and O–H groups in total. The van der Waals surface area contributed by atoms with Crippen LogP contribution < -0.4 is 11.1 Å². The average Bonchev–Trinajstić information content (AvgIpc) is 2.39. The van der Waals surface area contributed by atoms with Crippen molar-refractivity contribution in [2.45, 2.75) is 6.54 Å². The summed E-state index contributed by atoms with van der Waals surface area (Å²) in [6, 6.07) is 12.7. The predicted molar refractivity (Wildman–Crippen MR) is 86.2 cm³/mol. The van der Waals surface area contributed by atoms with Crippen LogP contribution in [0.3, 0.4) is 0 Å². The number of nitrogen functional groups attached to an aromatic ring is 1. The molecule has 19 heavy (non-hydrogen) atoms. The normalized spacial score (nSPS) is 10.2. The Bertz CT molecular complexity index is 616. The maximum absolute atomic E-state index is 12.1. The van der Waals surface area contributed by atoms with Crippen LogP contribution in [-0.4, -0.2) is 5.91 Å². The van der Waals surface area contributed by atoms with Crippen LogP contribution in [0.15, 0.2) is 42.5 Å². The number of nitrogens with two attached hydrogens (primary N) is 1. The van der Waals surface area contributed by atoms with Gasteiger partial charge in [-0.15, -0.1) is 0 Å². The fourth-order valence-corrected chi connectivity index (χ4v) is 2.40. The monoisotopic (exact) mass is 386 g/mol.